The zero-order chi connectivity index (χ0) is 13.0. The van der Waals surface area contributed by atoms with Gasteiger partial charge in [0.15, 0.2) is 0 Å². The lowest BCUT2D eigenvalue weighted by Crippen LogP contribution is -2.11. The molecule has 5 heteroatoms. The largest absolute Gasteiger partial charge is 0.313 e. The number of rotatable bonds is 5. The standard InChI is InChI=1S/C13H15ClFN3/c1-2-16-6-10-7-17-18(8-10)9-11-5-12(15)3-4-13(11)14/h3-5,7-8,16H,2,6,9H2,1H3. The molecular formula is C13H15ClFN3. The third kappa shape index (κ3) is 3.31. The van der Waals surface area contributed by atoms with Crippen LogP contribution >= 0.6 is 11.6 Å². The van der Waals surface area contributed by atoms with E-state index < -0.39 is 0 Å². The van der Waals surface area contributed by atoms with Crippen LogP contribution in [-0.2, 0) is 13.1 Å². The van der Waals surface area contributed by atoms with E-state index in [9.17, 15) is 4.39 Å². The van der Waals surface area contributed by atoms with Crippen LogP contribution in [0.5, 0.6) is 0 Å². The first-order valence-corrected chi connectivity index (χ1v) is 6.23. The number of halogens is 2. The van der Waals surface area contributed by atoms with Crippen molar-refractivity contribution in [2.45, 2.75) is 20.0 Å². The minimum atomic E-state index is -0.283. The molecule has 0 atom stereocenters. The summed E-state index contributed by atoms with van der Waals surface area (Å²) in [6.45, 7) is 4.23. The molecule has 1 heterocycles. The molecule has 1 aromatic carbocycles. The Morgan fingerprint density at radius 1 is 1.44 bits per heavy atom. The van der Waals surface area contributed by atoms with Gasteiger partial charge >= 0.3 is 0 Å². The fourth-order valence-corrected chi connectivity index (χ4v) is 1.87. The average molecular weight is 268 g/mol. The van der Waals surface area contributed by atoms with Crippen molar-refractivity contribution < 1.29 is 4.39 Å². The molecule has 0 bridgehead atoms. The summed E-state index contributed by atoms with van der Waals surface area (Å²) in [5, 5.41) is 8.01. The van der Waals surface area contributed by atoms with Crippen molar-refractivity contribution in [1.29, 1.82) is 0 Å². The highest BCUT2D eigenvalue weighted by Gasteiger charge is 2.04. The SMILES string of the molecule is CCNCc1cnn(Cc2cc(F)ccc2Cl)c1. The molecule has 2 aromatic rings. The summed E-state index contributed by atoms with van der Waals surface area (Å²) in [7, 11) is 0. The van der Waals surface area contributed by atoms with Crippen LogP contribution in [0, 0.1) is 5.82 Å². The molecule has 0 radical (unpaired) electrons. The van der Waals surface area contributed by atoms with Gasteiger partial charge in [0.2, 0.25) is 0 Å². The molecule has 1 aromatic heterocycles. The van der Waals surface area contributed by atoms with Crippen molar-refractivity contribution in [3.8, 4) is 0 Å². The summed E-state index contributed by atoms with van der Waals surface area (Å²) in [5.74, 6) is -0.283. The van der Waals surface area contributed by atoms with Gasteiger partial charge < -0.3 is 5.32 Å². The van der Waals surface area contributed by atoms with E-state index in [1.54, 1.807) is 16.9 Å². The number of hydrogen-bond acceptors (Lipinski definition) is 2. The van der Waals surface area contributed by atoms with Crippen LogP contribution < -0.4 is 5.32 Å². The van der Waals surface area contributed by atoms with E-state index in [0.29, 0.717) is 11.6 Å². The molecule has 0 saturated heterocycles. The molecular weight excluding hydrogens is 253 g/mol. The number of nitrogens with zero attached hydrogens (tertiary/aromatic N) is 2. The van der Waals surface area contributed by atoms with Crippen LogP contribution in [0.3, 0.4) is 0 Å². The van der Waals surface area contributed by atoms with Crippen molar-refractivity contribution in [2.24, 2.45) is 0 Å². The average Bonchev–Trinajstić information content (AvgIpc) is 2.79. The number of aromatic nitrogens is 2. The van der Waals surface area contributed by atoms with E-state index in [0.717, 1.165) is 24.2 Å². The Kier molecular flexibility index (Phi) is 4.33. The fraction of sp³-hybridized carbons (Fsp3) is 0.308. The monoisotopic (exact) mass is 267 g/mol. The van der Waals surface area contributed by atoms with E-state index in [-0.39, 0.29) is 5.82 Å². The summed E-state index contributed by atoms with van der Waals surface area (Å²) < 4.78 is 14.9. The Bertz CT molecular complexity index is 525. The Hall–Kier alpha value is -1.39. The maximum Gasteiger partial charge on any atom is 0.123 e. The molecule has 96 valence electrons. The van der Waals surface area contributed by atoms with Gasteiger partial charge in [0.25, 0.3) is 0 Å². The zero-order valence-electron chi connectivity index (χ0n) is 10.2. The predicted octanol–water partition coefficient (Wildman–Crippen LogP) is 2.83. The topological polar surface area (TPSA) is 29.9 Å². The molecule has 0 aliphatic carbocycles. The fourth-order valence-electron chi connectivity index (χ4n) is 1.69. The molecule has 0 aliphatic heterocycles. The van der Waals surface area contributed by atoms with Gasteiger partial charge in [-0.05, 0) is 30.3 Å². The Morgan fingerprint density at radius 3 is 3.06 bits per heavy atom. The number of hydrogen-bond donors (Lipinski definition) is 1. The van der Waals surface area contributed by atoms with E-state index in [4.69, 9.17) is 11.6 Å². The number of nitrogens with one attached hydrogen (secondary N) is 1. The van der Waals surface area contributed by atoms with Gasteiger partial charge in [-0.2, -0.15) is 5.10 Å². The van der Waals surface area contributed by atoms with Crippen LogP contribution in [0.15, 0.2) is 30.6 Å². The molecule has 0 spiro atoms. The van der Waals surface area contributed by atoms with Gasteiger partial charge in [-0.3, -0.25) is 4.68 Å². The minimum absolute atomic E-state index is 0.283. The summed E-state index contributed by atoms with van der Waals surface area (Å²) in [6.07, 6.45) is 3.74. The third-order valence-corrected chi connectivity index (χ3v) is 2.97. The first kappa shape index (κ1) is 13.1. The molecule has 0 unspecified atom stereocenters. The molecule has 2 rings (SSSR count). The molecule has 18 heavy (non-hydrogen) atoms. The molecule has 0 fully saturated rings. The predicted molar refractivity (Wildman–Crippen MR) is 70.1 cm³/mol. The second-order valence-electron chi connectivity index (χ2n) is 4.06. The van der Waals surface area contributed by atoms with E-state index in [1.165, 1.54) is 12.1 Å². The lowest BCUT2D eigenvalue weighted by Gasteiger charge is -2.04. The first-order valence-electron chi connectivity index (χ1n) is 5.85. The van der Waals surface area contributed by atoms with Crippen molar-refractivity contribution in [1.82, 2.24) is 15.1 Å². The number of benzene rings is 1. The van der Waals surface area contributed by atoms with Gasteiger partial charge in [-0.25, -0.2) is 4.39 Å². The Morgan fingerprint density at radius 2 is 2.28 bits per heavy atom. The highest BCUT2D eigenvalue weighted by Crippen LogP contribution is 2.18. The maximum atomic E-state index is 13.1. The smallest absolute Gasteiger partial charge is 0.123 e. The van der Waals surface area contributed by atoms with Gasteiger partial charge in [0, 0.05) is 23.3 Å². The quantitative estimate of drug-likeness (QED) is 0.903. The summed E-state index contributed by atoms with van der Waals surface area (Å²) in [5.41, 5.74) is 1.83. The van der Waals surface area contributed by atoms with Gasteiger partial charge in [0.05, 0.1) is 12.7 Å². The van der Waals surface area contributed by atoms with Crippen molar-refractivity contribution in [2.75, 3.05) is 6.54 Å². The molecule has 0 saturated carbocycles. The third-order valence-electron chi connectivity index (χ3n) is 2.61. The Balaban J connectivity index is 2.08. The highest BCUT2D eigenvalue weighted by atomic mass is 35.5. The van der Waals surface area contributed by atoms with Crippen LogP contribution in [0.25, 0.3) is 0 Å². The van der Waals surface area contributed by atoms with Crippen molar-refractivity contribution in [3.63, 3.8) is 0 Å². The molecule has 1 N–H and O–H groups in total. The molecule has 0 amide bonds. The second kappa shape index (κ2) is 5.98. The molecule has 3 nitrogen and oxygen atoms in total. The second-order valence-corrected chi connectivity index (χ2v) is 4.47. The van der Waals surface area contributed by atoms with Gasteiger partial charge in [-0.15, -0.1) is 0 Å². The normalized spacial score (nSPS) is 10.8. The highest BCUT2D eigenvalue weighted by molar-refractivity contribution is 6.31. The van der Waals surface area contributed by atoms with Crippen molar-refractivity contribution >= 4 is 11.6 Å². The van der Waals surface area contributed by atoms with Gasteiger partial charge in [-0.1, -0.05) is 18.5 Å². The van der Waals surface area contributed by atoms with E-state index >= 15 is 0 Å². The Labute approximate surface area is 111 Å². The summed E-state index contributed by atoms with van der Waals surface area (Å²) in [4.78, 5) is 0. The summed E-state index contributed by atoms with van der Waals surface area (Å²) in [6, 6.07) is 4.36. The van der Waals surface area contributed by atoms with Crippen molar-refractivity contribution in [3.05, 3.63) is 52.6 Å². The van der Waals surface area contributed by atoms with Crippen LogP contribution in [0.2, 0.25) is 5.02 Å². The molecule has 0 aliphatic rings. The zero-order valence-corrected chi connectivity index (χ0v) is 10.9. The van der Waals surface area contributed by atoms with Crippen LogP contribution in [-0.4, -0.2) is 16.3 Å². The van der Waals surface area contributed by atoms with Crippen LogP contribution in [0.1, 0.15) is 18.1 Å². The van der Waals surface area contributed by atoms with Crippen LogP contribution in [0.4, 0.5) is 4.39 Å². The van der Waals surface area contributed by atoms with E-state index in [1.807, 2.05) is 6.20 Å². The lowest BCUT2D eigenvalue weighted by molar-refractivity contribution is 0.619. The maximum absolute atomic E-state index is 13.1. The first-order chi connectivity index (χ1) is 8.69. The van der Waals surface area contributed by atoms with Gasteiger partial charge in [0.1, 0.15) is 5.82 Å². The summed E-state index contributed by atoms with van der Waals surface area (Å²) >= 11 is 6.02. The van der Waals surface area contributed by atoms with E-state index in [2.05, 4.69) is 17.3 Å². The lowest BCUT2D eigenvalue weighted by atomic mass is 10.2. The minimum Gasteiger partial charge on any atom is -0.313 e.